The molecule has 0 aromatic carbocycles. The van der Waals surface area contributed by atoms with Crippen LogP contribution in [0.2, 0.25) is 0 Å². The maximum atomic E-state index is 12.3. The molecular formula is C26H47NO4. The number of hydrogen-bond acceptors (Lipinski definition) is 5. The standard InChI is InChI=1S/C26H47NO4/c1-5-9-11-13-15-17-19-30-25(8-4)22-27(21-24(28)7-3)23-26(29)31-20-18-16-14-12-10-6-2/h4-7,9-23H2,1-3H3. The van der Waals surface area contributed by atoms with Crippen molar-refractivity contribution in [3.05, 3.63) is 18.1 Å². The fourth-order valence-electron chi connectivity index (χ4n) is 3.26. The Morgan fingerprint density at radius 2 is 1.23 bits per heavy atom. The molecule has 0 aromatic rings. The molecule has 0 rings (SSSR count). The number of Topliss-reactive ketones (excluding diaryl/α,β-unsaturated/α-hetero) is 1. The van der Waals surface area contributed by atoms with E-state index in [0.29, 0.717) is 31.9 Å². The number of unbranched alkanes of at least 4 members (excludes halogenated alkanes) is 10. The largest absolute Gasteiger partial charge is 0.489 e. The summed E-state index contributed by atoms with van der Waals surface area (Å²) in [6.07, 6.45) is 14.5. The molecule has 0 unspecified atom stereocenters. The van der Waals surface area contributed by atoms with Gasteiger partial charge in [0.15, 0.2) is 5.76 Å². The van der Waals surface area contributed by atoms with Crippen LogP contribution < -0.4 is 0 Å². The van der Waals surface area contributed by atoms with Crippen LogP contribution in [0.3, 0.4) is 0 Å². The van der Waals surface area contributed by atoms with Gasteiger partial charge in [-0.15, -0.1) is 0 Å². The zero-order chi connectivity index (χ0) is 23.2. The van der Waals surface area contributed by atoms with Crippen molar-refractivity contribution in [1.82, 2.24) is 4.90 Å². The van der Waals surface area contributed by atoms with Gasteiger partial charge >= 0.3 is 5.97 Å². The number of ether oxygens (including phenoxy) is 2. The first-order chi connectivity index (χ1) is 15.1. The maximum Gasteiger partial charge on any atom is 0.320 e. The van der Waals surface area contributed by atoms with E-state index in [-0.39, 0.29) is 24.8 Å². The molecule has 0 aliphatic rings. The SMILES string of the molecule is C=C=C(CN(CC(=O)CC)CC(=O)OCCCCCCCC)OCCCCCCCC. The summed E-state index contributed by atoms with van der Waals surface area (Å²) in [5.74, 6) is 0.376. The highest BCUT2D eigenvalue weighted by atomic mass is 16.5. The van der Waals surface area contributed by atoms with Crippen LogP contribution in [0.4, 0.5) is 0 Å². The molecule has 0 bridgehead atoms. The number of hydrogen-bond donors (Lipinski definition) is 0. The highest BCUT2D eigenvalue weighted by molar-refractivity contribution is 5.81. The molecule has 5 nitrogen and oxygen atoms in total. The molecule has 0 aliphatic carbocycles. The molecule has 180 valence electrons. The third-order valence-corrected chi connectivity index (χ3v) is 5.25. The van der Waals surface area contributed by atoms with E-state index in [4.69, 9.17) is 9.47 Å². The topological polar surface area (TPSA) is 55.8 Å². The minimum absolute atomic E-state index is 0.0765. The third-order valence-electron chi connectivity index (χ3n) is 5.25. The van der Waals surface area contributed by atoms with Gasteiger partial charge in [0.1, 0.15) is 5.78 Å². The summed E-state index contributed by atoms with van der Waals surface area (Å²) in [6, 6.07) is 0. The van der Waals surface area contributed by atoms with Crippen molar-refractivity contribution >= 4 is 11.8 Å². The van der Waals surface area contributed by atoms with Gasteiger partial charge in [0.25, 0.3) is 0 Å². The van der Waals surface area contributed by atoms with Gasteiger partial charge < -0.3 is 9.47 Å². The lowest BCUT2D eigenvalue weighted by molar-refractivity contribution is -0.145. The van der Waals surface area contributed by atoms with E-state index in [1.54, 1.807) is 4.90 Å². The number of esters is 1. The Bertz CT molecular complexity index is 512. The minimum Gasteiger partial charge on any atom is -0.489 e. The molecule has 0 spiro atoms. The van der Waals surface area contributed by atoms with E-state index in [1.807, 2.05) is 6.92 Å². The fraction of sp³-hybridized carbons (Fsp3) is 0.808. The third kappa shape index (κ3) is 18.9. The minimum atomic E-state index is -0.295. The normalized spacial score (nSPS) is 10.7. The van der Waals surface area contributed by atoms with Gasteiger partial charge in [-0.05, 0) is 12.8 Å². The Kier molecular flexibility index (Phi) is 20.5. The van der Waals surface area contributed by atoms with E-state index >= 15 is 0 Å². The average molecular weight is 438 g/mol. The first kappa shape index (κ1) is 29.4. The lowest BCUT2D eigenvalue weighted by Gasteiger charge is -2.21. The maximum absolute atomic E-state index is 12.3. The summed E-state index contributed by atoms with van der Waals surface area (Å²) >= 11 is 0. The van der Waals surface area contributed by atoms with E-state index in [9.17, 15) is 9.59 Å². The number of carbonyl (C=O) groups excluding carboxylic acids is 2. The van der Waals surface area contributed by atoms with Crippen molar-refractivity contribution in [2.24, 2.45) is 0 Å². The molecule has 0 amide bonds. The van der Waals surface area contributed by atoms with Crippen LogP contribution in [0.1, 0.15) is 104 Å². The second-order valence-corrected chi connectivity index (χ2v) is 8.24. The first-order valence-electron chi connectivity index (χ1n) is 12.5. The number of nitrogens with zero attached hydrogens (tertiary/aromatic N) is 1. The van der Waals surface area contributed by atoms with Crippen molar-refractivity contribution in [3.63, 3.8) is 0 Å². The van der Waals surface area contributed by atoms with Crippen molar-refractivity contribution in [2.45, 2.75) is 104 Å². The average Bonchev–Trinajstić information content (AvgIpc) is 2.76. The number of carbonyl (C=O) groups is 2. The zero-order valence-electron chi connectivity index (χ0n) is 20.5. The summed E-state index contributed by atoms with van der Waals surface area (Å²) in [7, 11) is 0. The van der Waals surface area contributed by atoms with E-state index in [2.05, 4.69) is 26.2 Å². The van der Waals surface area contributed by atoms with Gasteiger partial charge in [-0.2, -0.15) is 0 Å². The van der Waals surface area contributed by atoms with Gasteiger partial charge in [0.05, 0.1) is 32.8 Å². The molecule has 0 N–H and O–H groups in total. The van der Waals surface area contributed by atoms with Gasteiger partial charge in [-0.25, -0.2) is 0 Å². The molecule has 0 atom stereocenters. The molecule has 0 heterocycles. The molecule has 0 aromatic heterocycles. The summed E-state index contributed by atoms with van der Waals surface area (Å²) in [4.78, 5) is 26.0. The smallest absolute Gasteiger partial charge is 0.320 e. The molecule has 31 heavy (non-hydrogen) atoms. The Labute approximate surface area is 191 Å². The fourth-order valence-corrected chi connectivity index (χ4v) is 3.26. The van der Waals surface area contributed by atoms with Crippen molar-refractivity contribution in [1.29, 1.82) is 0 Å². The van der Waals surface area contributed by atoms with Crippen molar-refractivity contribution in [3.8, 4) is 0 Å². The molecule has 0 saturated heterocycles. The van der Waals surface area contributed by atoms with Crippen molar-refractivity contribution in [2.75, 3.05) is 32.8 Å². The van der Waals surface area contributed by atoms with Gasteiger partial charge in [0, 0.05) is 6.42 Å². The van der Waals surface area contributed by atoms with Gasteiger partial charge in [-0.1, -0.05) is 97.3 Å². The Hall–Kier alpha value is -1.58. The molecule has 0 fully saturated rings. The predicted molar refractivity (Wildman–Crippen MR) is 128 cm³/mol. The van der Waals surface area contributed by atoms with Crippen LogP contribution in [-0.4, -0.2) is 49.5 Å². The zero-order valence-corrected chi connectivity index (χ0v) is 20.5. The van der Waals surface area contributed by atoms with Crippen LogP contribution in [0.25, 0.3) is 0 Å². The van der Waals surface area contributed by atoms with E-state index in [0.717, 1.165) is 25.7 Å². The quantitative estimate of drug-likeness (QED) is 0.0871. The second-order valence-electron chi connectivity index (χ2n) is 8.24. The van der Waals surface area contributed by atoms with Crippen LogP contribution in [0, 0.1) is 0 Å². The van der Waals surface area contributed by atoms with Crippen LogP contribution in [0.5, 0.6) is 0 Å². The monoisotopic (exact) mass is 437 g/mol. The van der Waals surface area contributed by atoms with E-state index in [1.165, 1.54) is 51.4 Å². The van der Waals surface area contributed by atoms with Gasteiger partial charge in [-0.3, -0.25) is 14.5 Å². The lowest BCUT2D eigenvalue weighted by atomic mass is 10.1. The van der Waals surface area contributed by atoms with Crippen LogP contribution in [-0.2, 0) is 19.1 Å². The molecule has 5 heteroatoms. The molecule has 0 aliphatic heterocycles. The Morgan fingerprint density at radius 3 is 1.74 bits per heavy atom. The van der Waals surface area contributed by atoms with E-state index < -0.39 is 0 Å². The lowest BCUT2D eigenvalue weighted by Crippen LogP contribution is -2.37. The Balaban J connectivity index is 4.32. The van der Waals surface area contributed by atoms with Crippen LogP contribution in [0.15, 0.2) is 18.1 Å². The molecule has 0 saturated carbocycles. The predicted octanol–water partition coefficient (Wildman–Crippen LogP) is 6.22. The first-order valence-corrected chi connectivity index (χ1v) is 12.5. The number of rotatable bonds is 22. The highest BCUT2D eigenvalue weighted by Gasteiger charge is 2.17. The van der Waals surface area contributed by atoms with Crippen LogP contribution >= 0.6 is 0 Å². The van der Waals surface area contributed by atoms with Crippen molar-refractivity contribution < 1.29 is 19.1 Å². The molecular weight excluding hydrogens is 390 g/mol. The number of ketones is 1. The summed E-state index contributed by atoms with van der Waals surface area (Å²) in [6.45, 7) is 11.6. The summed E-state index contributed by atoms with van der Waals surface area (Å²) in [5, 5.41) is 0. The summed E-state index contributed by atoms with van der Waals surface area (Å²) in [5.41, 5.74) is 2.82. The summed E-state index contributed by atoms with van der Waals surface area (Å²) < 4.78 is 11.2. The molecule has 0 radical (unpaired) electrons. The highest BCUT2D eigenvalue weighted by Crippen LogP contribution is 2.08. The Morgan fingerprint density at radius 1 is 0.710 bits per heavy atom. The second kappa shape index (κ2) is 21.6. The van der Waals surface area contributed by atoms with Gasteiger partial charge in [0.2, 0.25) is 0 Å².